The summed E-state index contributed by atoms with van der Waals surface area (Å²) in [5, 5.41) is 10.5. The Kier molecular flexibility index (Phi) is 3.32. The number of halogens is 1. The number of aliphatic hydroxyl groups is 1. The Morgan fingerprint density at radius 2 is 2.42 bits per heavy atom. The molecule has 1 aliphatic rings. The topological polar surface area (TPSA) is 23.5 Å². The van der Waals surface area contributed by atoms with Gasteiger partial charge in [-0.3, -0.25) is 4.90 Å². The van der Waals surface area contributed by atoms with Crippen LogP contribution in [0.15, 0.2) is 12.2 Å². The third kappa shape index (κ3) is 2.88. The molecule has 1 saturated heterocycles. The normalized spacial score (nSPS) is 30.9. The second-order valence-electron chi connectivity index (χ2n) is 3.84. The van der Waals surface area contributed by atoms with Gasteiger partial charge in [0.15, 0.2) is 0 Å². The van der Waals surface area contributed by atoms with Gasteiger partial charge in [-0.15, -0.1) is 0 Å². The fraction of sp³-hybridized carbons (Fsp3) is 0.778. The largest absolute Gasteiger partial charge is 0.389 e. The van der Waals surface area contributed by atoms with Crippen molar-refractivity contribution in [2.45, 2.75) is 18.9 Å². The highest BCUT2D eigenvalue weighted by Crippen LogP contribution is 2.20. The van der Waals surface area contributed by atoms with Gasteiger partial charge in [-0.2, -0.15) is 0 Å². The Morgan fingerprint density at radius 3 is 2.83 bits per heavy atom. The van der Waals surface area contributed by atoms with Crippen LogP contribution in [0.4, 0.5) is 0 Å². The van der Waals surface area contributed by atoms with Crippen molar-refractivity contribution in [2.24, 2.45) is 0 Å². The molecule has 1 rings (SSSR count). The highest BCUT2D eigenvalue weighted by molar-refractivity contribution is 9.09. The molecule has 0 aromatic heterocycles. The van der Waals surface area contributed by atoms with Crippen molar-refractivity contribution >= 4 is 15.9 Å². The molecule has 0 radical (unpaired) electrons. The van der Waals surface area contributed by atoms with Gasteiger partial charge in [0.05, 0.1) is 5.60 Å². The van der Waals surface area contributed by atoms with E-state index in [1.165, 1.54) is 5.57 Å². The molecule has 1 fully saturated rings. The lowest BCUT2D eigenvalue weighted by Crippen LogP contribution is -2.30. The van der Waals surface area contributed by atoms with E-state index in [0.717, 1.165) is 31.4 Å². The van der Waals surface area contributed by atoms with Gasteiger partial charge >= 0.3 is 0 Å². The van der Waals surface area contributed by atoms with Crippen LogP contribution in [0.25, 0.3) is 0 Å². The number of hydrogen-bond acceptors (Lipinski definition) is 2. The third-order valence-corrected chi connectivity index (χ3v) is 2.96. The van der Waals surface area contributed by atoms with Crippen LogP contribution in [0.1, 0.15) is 13.3 Å². The van der Waals surface area contributed by atoms with Gasteiger partial charge < -0.3 is 5.11 Å². The van der Waals surface area contributed by atoms with Crippen LogP contribution in [0, 0.1) is 0 Å². The quantitative estimate of drug-likeness (QED) is 0.589. The first kappa shape index (κ1) is 10.2. The molecule has 3 heteroatoms. The number of likely N-dealkylation sites (tertiary alicyclic amines) is 1. The van der Waals surface area contributed by atoms with E-state index in [0.29, 0.717) is 0 Å². The van der Waals surface area contributed by atoms with E-state index in [4.69, 9.17) is 0 Å². The molecule has 0 aromatic rings. The van der Waals surface area contributed by atoms with Gasteiger partial charge in [-0.05, 0) is 13.3 Å². The van der Waals surface area contributed by atoms with E-state index < -0.39 is 5.60 Å². The molecule has 0 spiro atoms. The Hall–Kier alpha value is 0.140. The predicted octanol–water partition coefficient (Wildman–Crippen LogP) is 1.39. The zero-order valence-corrected chi connectivity index (χ0v) is 9.10. The van der Waals surface area contributed by atoms with Crippen LogP contribution in [0.5, 0.6) is 0 Å². The molecule has 70 valence electrons. The first-order chi connectivity index (χ1) is 5.53. The Balaban J connectivity index is 2.33. The van der Waals surface area contributed by atoms with Gasteiger partial charge in [0.25, 0.3) is 0 Å². The maximum absolute atomic E-state index is 9.67. The fourth-order valence-corrected chi connectivity index (χ4v) is 1.71. The molecule has 1 atom stereocenters. The van der Waals surface area contributed by atoms with Crippen molar-refractivity contribution in [3.05, 3.63) is 12.2 Å². The maximum atomic E-state index is 9.67. The SMILES string of the molecule is C=C(CBr)CN1CCC(C)(O)C1. The van der Waals surface area contributed by atoms with Crippen LogP contribution in [0.3, 0.4) is 0 Å². The van der Waals surface area contributed by atoms with Crippen LogP contribution in [-0.2, 0) is 0 Å². The summed E-state index contributed by atoms with van der Waals surface area (Å²) in [6, 6.07) is 0. The molecule has 1 N–H and O–H groups in total. The lowest BCUT2D eigenvalue weighted by atomic mass is 10.1. The van der Waals surface area contributed by atoms with Crippen molar-refractivity contribution in [3.63, 3.8) is 0 Å². The Bertz CT molecular complexity index is 179. The zero-order chi connectivity index (χ0) is 9.19. The molecule has 1 aliphatic heterocycles. The highest BCUT2D eigenvalue weighted by atomic mass is 79.9. The number of β-amino-alcohol motifs (C(OH)–C–C–N with tert-alkyl or cyclic N) is 1. The van der Waals surface area contributed by atoms with Crippen LogP contribution < -0.4 is 0 Å². The van der Waals surface area contributed by atoms with Crippen LogP contribution >= 0.6 is 15.9 Å². The molecule has 0 saturated carbocycles. The molecular formula is C9H16BrNO. The van der Waals surface area contributed by atoms with E-state index in [1.54, 1.807) is 0 Å². The summed E-state index contributed by atoms with van der Waals surface area (Å²) in [5.74, 6) is 0. The highest BCUT2D eigenvalue weighted by Gasteiger charge is 2.30. The van der Waals surface area contributed by atoms with Crippen molar-refractivity contribution in [2.75, 3.05) is 25.0 Å². The first-order valence-electron chi connectivity index (χ1n) is 4.21. The molecular weight excluding hydrogens is 218 g/mol. The number of alkyl halides is 1. The summed E-state index contributed by atoms with van der Waals surface area (Å²) in [6.07, 6.45) is 0.878. The van der Waals surface area contributed by atoms with E-state index in [1.807, 2.05) is 6.92 Å². The minimum atomic E-state index is -0.480. The van der Waals surface area contributed by atoms with E-state index in [-0.39, 0.29) is 0 Å². The van der Waals surface area contributed by atoms with Gasteiger partial charge in [-0.25, -0.2) is 0 Å². The van der Waals surface area contributed by atoms with Gasteiger partial charge in [0.2, 0.25) is 0 Å². The lowest BCUT2D eigenvalue weighted by molar-refractivity contribution is 0.0700. The molecule has 2 nitrogen and oxygen atoms in total. The summed E-state index contributed by atoms with van der Waals surface area (Å²) in [5.41, 5.74) is 0.694. The second-order valence-corrected chi connectivity index (χ2v) is 4.40. The van der Waals surface area contributed by atoms with Crippen molar-refractivity contribution in [3.8, 4) is 0 Å². The van der Waals surface area contributed by atoms with Gasteiger partial charge in [0, 0.05) is 25.0 Å². The number of hydrogen-bond donors (Lipinski definition) is 1. The molecule has 1 heterocycles. The van der Waals surface area contributed by atoms with Gasteiger partial charge in [-0.1, -0.05) is 28.1 Å². The third-order valence-electron chi connectivity index (χ3n) is 2.17. The van der Waals surface area contributed by atoms with E-state index in [9.17, 15) is 5.11 Å². The fourth-order valence-electron chi connectivity index (χ4n) is 1.53. The molecule has 0 aromatic carbocycles. The van der Waals surface area contributed by atoms with Crippen molar-refractivity contribution in [1.29, 1.82) is 0 Å². The first-order valence-corrected chi connectivity index (χ1v) is 5.33. The minimum Gasteiger partial charge on any atom is -0.389 e. The van der Waals surface area contributed by atoms with Gasteiger partial charge in [0.1, 0.15) is 0 Å². The smallest absolute Gasteiger partial charge is 0.0758 e. The average molecular weight is 234 g/mol. The predicted molar refractivity (Wildman–Crippen MR) is 54.6 cm³/mol. The molecule has 0 bridgehead atoms. The summed E-state index contributed by atoms with van der Waals surface area (Å²) in [6.45, 7) is 8.47. The molecule has 0 aliphatic carbocycles. The summed E-state index contributed by atoms with van der Waals surface area (Å²) in [4.78, 5) is 2.24. The second kappa shape index (κ2) is 3.90. The molecule has 1 unspecified atom stereocenters. The van der Waals surface area contributed by atoms with Crippen molar-refractivity contribution < 1.29 is 5.11 Å². The standard InChI is InChI=1S/C9H16BrNO/c1-8(5-10)6-11-4-3-9(2,12)7-11/h12H,1,3-7H2,2H3. The minimum absolute atomic E-state index is 0.480. The summed E-state index contributed by atoms with van der Waals surface area (Å²) < 4.78 is 0. The Labute approximate surface area is 82.4 Å². The zero-order valence-electron chi connectivity index (χ0n) is 7.52. The monoisotopic (exact) mass is 233 g/mol. The van der Waals surface area contributed by atoms with Crippen molar-refractivity contribution in [1.82, 2.24) is 4.90 Å². The lowest BCUT2D eigenvalue weighted by Gasteiger charge is -2.18. The van der Waals surface area contributed by atoms with Crippen LogP contribution in [0.2, 0.25) is 0 Å². The molecule has 0 amide bonds. The number of nitrogens with zero attached hydrogens (tertiary/aromatic N) is 1. The van der Waals surface area contributed by atoms with E-state index in [2.05, 4.69) is 27.4 Å². The number of rotatable bonds is 3. The summed E-state index contributed by atoms with van der Waals surface area (Å²) in [7, 11) is 0. The average Bonchev–Trinajstić information content (AvgIpc) is 2.30. The summed E-state index contributed by atoms with van der Waals surface area (Å²) >= 11 is 3.36. The maximum Gasteiger partial charge on any atom is 0.0758 e. The van der Waals surface area contributed by atoms with Crippen LogP contribution in [-0.4, -0.2) is 40.6 Å². The van der Waals surface area contributed by atoms with E-state index >= 15 is 0 Å². The Morgan fingerprint density at radius 1 is 1.75 bits per heavy atom. The molecule has 12 heavy (non-hydrogen) atoms.